The van der Waals surface area contributed by atoms with Crippen molar-refractivity contribution in [1.29, 1.82) is 0 Å². The molecule has 0 radical (unpaired) electrons. The van der Waals surface area contributed by atoms with Crippen LogP contribution in [0.25, 0.3) is 0 Å². The summed E-state index contributed by atoms with van der Waals surface area (Å²) >= 11 is 0. The van der Waals surface area contributed by atoms with Gasteiger partial charge in [0.25, 0.3) is 0 Å². The van der Waals surface area contributed by atoms with Gasteiger partial charge < -0.3 is 10.6 Å². The van der Waals surface area contributed by atoms with Crippen LogP contribution in [-0.2, 0) is 16.0 Å². The molecule has 0 aliphatic rings. The van der Waals surface area contributed by atoms with Gasteiger partial charge in [-0.15, -0.1) is 0 Å². The van der Waals surface area contributed by atoms with Gasteiger partial charge in [0.2, 0.25) is 11.8 Å². The number of nitrogens with one attached hydrogen (secondary N) is 2. The Balaban J connectivity index is 1.84. The predicted molar refractivity (Wildman–Crippen MR) is 165 cm³/mol. The lowest BCUT2D eigenvalue weighted by atomic mass is 10.0. The van der Waals surface area contributed by atoms with E-state index in [0.717, 1.165) is 95.3 Å². The number of carbonyl (C=O) groups is 2. The fourth-order valence-electron chi connectivity index (χ4n) is 4.52. The summed E-state index contributed by atoms with van der Waals surface area (Å²) in [6.07, 6.45) is 9.84. The molecule has 0 heterocycles. The number of anilines is 2. The van der Waals surface area contributed by atoms with E-state index in [1.165, 1.54) is 11.1 Å². The first-order chi connectivity index (χ1) is 19.0. The first kappa shape index (κ1) is 32.5. The van der Waals surface area contributed by atoms with E-state index in [1.54, 1.807) is 0 Å². The minimum atomic E-state index is 0.0476. The summed E-state index contributed by atoms with van der Waals surface area (Å²) in [5.74, 6) is 0.0953. The molecule has 2 aromatic rings. The molecule has 2 N–H and O–H groups in total. The summed E-state index contributed by atoms with van der Waals surface area (Å²) in [6.45, 7) is 13.5. The highest BCUT2D eigenvalue weighted by atomic mass is 16.2. The largest absolute Gasteiger partial charge is 0.325 e. The molecule has 0 saturated carbocycles. The smallest absolute Gasteiger partial charge is 0.238 e. The second-order valence-electron chi connectivity index (χ2n) is 10.6. The second-order valence-corrected chi connectivity index (χ2v) is 10.6. The van der Waals surface area contributed by atoms with Gasteiger partial charge in [0.15, 0.2) is 0 Å². The minimum absolute atomic E-state index is 0.0476. The summed E-state index contributed by atoms with van der Waals surface area (Å²) in [5, 5.41) is 6.11. The number of hydrogen-bond acceptors (Lipinski definition) is 4. The highest BCUT2D eigenvalue weighted by Crippen LogP contribution is 2.16. The molecule has 0 atom stereocenters. The molecule has 6 nitrogen and oxygen atoms in total. The number of benzene rings is 2. The Hall–Kier alpha value is -2.70. The third kappa shape index (κ3) is 13.8. The average molecular weight is 537 g/mol. The molecule has 216 valence electrons. The summed E-state index contributed by atoms with van der Waals surface area (Å²) in [5.41, 5.74) is 4.03. The van der Waals surface area contributed by atoms with Crippen molar-refractivity contribution in [2.45, 2.75) is 85.5 Å². The van der Waals surface area contributed by atoms with E-state index >= 15 is 0 Å². The van der Waals surface area contributed by atoms with Gasteiger partial charge in [-0.25, -0.2) is 0 Å². The molecule has 2 aromatic carbocycles. The molecule has 6 heteroatoms. The molecule has 0 aromatic heterocycles. The Morgan fingerprint density at radius 2 is 0.846 bits per heavy atom. The molecule has 2 rings (SSSR count). The number of unbranched alkanes of at least 4 members (excludes halogenated alkanes) is 4. The molecule has 0 aliphatic carbocycles. The zero-order chi connectivity index (χ0) is 28.3. The van der Waals surface area contributed by atoms with E-state index < -0.39 is 0 Å². The van der Waals surface area contributed by atoms with Crippen LogP contribution in [0.4, 0.5) is 11.4 Å². The Morgan fingerprint density at radius 3 is 1.13 bits per heavy atom. The predicted octanol–water partition coefficient (Wildman–Crippen LogP) is 6.96. The number of nitrogens with zero attached hydrogens (tertiary/aromatic N) is 2. The first-order valence-corrected chi connectivity index (χ1v) is 15.2. The van der Waals surface area contributed by atoms with E-state index in [9.17, 15) is 9.59 Å². The van der Waals surface area contributed by atoms with Gasteiger partial charge in [0, 0.05) is 11.4 Å². The van der Waals surface area contributed by atoms with E-state index in [0.29, 0.717) is 13.1 Å². The summed E-state index contributed by atoms with van der Waals surface area (Å²) in [7, 11) is 0. The number of hydrogen-bond donors (Lipinski definition) is 2. The maximum Gasteiger partial charge on any atom is 0.238 e. The topological polar surface area (TPSA) is 64.7 Å². The average Bonchev–Trinajstić information content (AvgIpc) is 2.93. The van der Waals surface area contributed by atoms with Crippen LogP contribution in [0.1, 0.15) is 90.2 Å². The highest BCUT2D eigenvalue weighted by molar-refractivity contribution is 5.92. The zero-order valence-electron chi connectivity index (χ0n) is 24.9. The molecular formula is C33H52N4O2. The van der Waals surface area contributed by atoms with E-state index in [1.807, 2.05) is 24.3 Å². The van der Waals surface area contributed by atoms with Crippen LogP contribution in [-0.4, -0.2) is 60.9 Å². The fourth-order valence-corrected chi connectivity index (χ4v) is 4.52. The van der Waals surface area contributed by atoms with Crippen LogP contribution in [0.2, 0.25) is 0 Å². The lowest BCUT2D eigenvalue weighted by molar-refractivity contribution is -0.118. The van der Waals surface area contributed by atoms with Gasteiger partial charge in [-0.2, -0.15) is 0 Å². The molecule has 0 fully saturated rings. The normalized spacial score (nSPS) is 11.2. The van der Waals surface area contributed by atoms with E-state index in [-0.39, 0.29) is 11.8 Å². The van der Waals surface area contributed by atoms with Crippen molar-refractivity contribution >= 4 is 23.2 Å². The van der Waals surface area contributed by atoms with Crippen molar-refractivity contribution in [2.75, 3.05) is 49.9 Å². The quantitative estimate of drug-likeness (QED) is 0.192. The van der Waals surface area contributed by atoms with Gasteiger partial charge in [-0.1, -0.05) is 77.6 Å². The molecule has 0 unspecified atom stereocenters. The van der Waals surface area contributed by atoms with Crippen LogP contribution in [0.5, 0.6) is 0 Å². The van der Waals surface area contributed by atoms with E-state index in [2.05, 4.69) is 72.4 Å². The lowest BCUT2D eigenvalue weighted by Crippen LogP contribution is -2.34. The molecule has 0 aliphatic heterocycles. The molecular weight excluding hydrogens is 484 g/mol. The standard InChI is InChI=1S/C33H52N4O2/c1-5-9-21-36(22-10-6-2)26-32(38)34-30-17-13-28(14-18-30)25-29-15-19-31(20-16-29)35-33(39)27-37(23-11-7-3)24-12-8-4/h13-20H,5-12,21-27H2,1-4H3,(H,34,38)(H,35,39). The number of amides is 2. The fraction of sp³-hybridized carbons (Fsp3) is 0.576. The van der Waals surface area contributed by atoms with Crippen molar-refractivity contribution in [3.8, 4) is 0 Å². The highest BCUT2D eigenvalue weighted by Gasteiger charge is 2.12. The maximum absolute atomic E-state index is 12.6. The Labute approximate surface area is 237 Å². The summed E-state index contributed by atoms with van der Waals surface area (Å²) < 4.78 is 0. The minimum Gasteiger partial charge on any atom is -0.325 e. The van der Waals surface area contributed by atoms with E-state index in [4.69, 9.17) is 0 Å². The molecule has 39 heavy (non-hydrogen) atoms. The van der Waals surface area contributed by atoms with Gasteiger partial charge >= 0.3 is 0 Å². The van der Waals surface area contributed by atoms with Crippen molar-refractivity contribution < 1.29 is 9.59 Å². The number of carbonyl (C=O) groups excluding carboxylic acids is 2. The SMILES string of the molecule is CCCCN(CCCC)CC(=O)Nc1ccc(Cc2ccc(NC(=O)CN(CCCC)CCCC)cc2)cc1. The van der Waals surface area contributed by atoms with Crippen LogP contribution in [0.15, 0.2) is 48.5 Å². The molecule has 0 saturated heterocycles. The van der Waals surface area contributed by atoms with Crippen LogP contribution in [0.3, 0.4) is 0 Å². The monoisotopic (exact) mass is 536 g/mol. The van der Waals surface area contributed by atoms with Gasteiger partial charge in [0.05, 0.1) is 13.1 Å². The van der Waals surface area contributed by atoms with Crippen LogP contribution < -0.4 is 10.6 Å². The zero-order valence-corrected chi connectivity index (χ0v) is 24.9. The van der Waals surface area contributed by atoms with Crippen molar-refractivity contribution in [1.82, 2.24) is 9.80 Å². The summed E-state index contributed by atoms with van der Waals surface area (Å²) in [6, 6.07) is 16.2. The van der Waals surface area contributed by atoms with Gasteiger partial charge in [-0.05, 0) is 93.7 Å². The van der Waals surface area contributed by atoms with Crippen molar-refractivity contribution in [2.24, 2.45) is 0 Å². The van der Waals surface area contributed by atoms with Crippen LogP contribution in [0, 0.1) is 0 Å². The molecule has 0 bridgehead atoms. The van der Waals surface area contributed by atoms with Gasteiger partial charge in [-0.3, -0.25) is 19.4 Å². The van der Waals surface area contributed by atoms with Crippen molar-refractivity contribution in [3.05, 3.63) is 59.7 Å². The molecule has 0 spiro atoms. The molecule has 2 amide bonds. The summed E-state index contributed by atoms with van der Waals surface area (Å²) in [4.78, 5) is 29.7. The lowest BCUT2D eigenvalue weighted by Gasteiger charge is -2.21. The third-order valence-corrected chi connectivity index (χ3v) is 6.93. The van der Waals surface area contributed by atoms with Crippen molar-refractivity contribution in [3.63, 3.8) is 0 Å². The Morgan fingerprint density at radius 1 is 0.538 bits per heavy atom. The first-order valence-electron chi connectivity index (χ1n) is 15.2. The maximum atomic E-state index is 12.6. The third-order valence-electron chi connectivity index (χ3n) is 6.93. The Bertz CT molecular complexity index is 850. The Kier molecular flexibility index (Phi) is 16.2. The van der Waals surface area contributed by atoms with Gasteiger partial charge in [0.1, 0.15) is 0 Å². The van der Waals surface area contributed by atoms with Crippen LogP contribution >= 0.6 is 0 Å². The second kappa shape index (κ2) is 19.4. The number of rotatable bonds is 20.